The van der Waals surface area contributed by atoms with E-state index in [1.165, 1.54) is 49.8 Å². The maximum atomic E-state index is 4.53. The standard InChI is InChI=1S/C12H23N3S/c1-11-9-14-12(16-10-11)13-5-4-8-15-6-2-3-7-15/h11H,2-10H2,1H3,(H,13,14). The lowest BCUT2D eigenvalue weighted by Crippen LogP contribution is -2.29. The van der Waals surface area contributed by atoms with Crippen molar-refractivity contribution in [1.29, 1.82) is 0 Å². The summed E-state index contributed by atoms with van der Waals surface area (Å²) in [7, 11) is 0. The Kier molecular flexibility index (Phi) is 4.97. The Bertz CT molecular complexity index is 236. The highest BCUT2D eigenvalue weighted by Gasteiger charge is 2.12. The van der Waals surface area contributed by atoms with Crippen LogP contribution in [-0.2, 0) is 0 Å². The van der Waals surface area contributed by atoms with Crippen molar-refractivity contribution in [1.82, 2.24) is 10.2 Å². The SMILES string of the molecule is CC1CN=C(NCCCN2CCCC2)SC1. The quantitative estimate of drug-likeness (QED) is 0.761. The van der Waals surface area contributed by atoms with Crippen LogP contribution in [0, 0.1) is 5.92 Å². The van der Waals surface area contributed by atoms with Crippen molar-refractivity contribution in [3.63, 3.8) is 0 Å². The van der Waals surface area contributed by atoms with E-state index < -0.39 is 0 Å². The van der Waals surface area contributed by atoms with Crippen LogP contribution in [0.5, 0.6) is 0 Å². The summed E-state index contributed by atoms with van der Waals surface area (Å²) in [4.78, 5) is 7.10. The average Bonchev–Trinajstić information content (AvgIpc) is 2.80. The molecule has 0 radical (unpaired) electrons. The normalized spacial score (nSPS) is 26.8. The minimum Gasteiger partial charge on any atom is -0.365 e. The summed E-state index contributed by atoms with van der Waals surface area (Å²) in [5.74, 6) is 1.97. The van der Waals surface area contributed by atoms with Crippen molar-refractivity contribution in [2.45, 2.75) is 26.2 Å². The topological polar surface area (TPSA) is 27.6 Å². The van der Waals surface area contributed by atoms with Crippen molar-refractivity contribution < 1.29 is 0 Å². The Morgan fingerprint density at radius 3 is 2.94 bits per heavy atom. The molecule has 0 bridgehead atoms. The first-order valence-electron chi connectivity index (χ1n) is 6.48. The summed E-state index contributed by atoms with van der Waals surface area (Å²) < 4.78 is 0. The molecule has 2 rings (SSSR count). The Labute approximate surface area is 103 Å². The van der Waals surface area contributed by atoms with Crippen LogP contribution in [0.2, 0.25) is 0 Å². The van der Waals surface area contributed by atoms with Crippen molar-refractivity contribution >= 4 is 16.9 Å². The molecule has 0 aromatic heterocycles. The second kappa shape index (κ2) is 6.50. The van der Waals surface area contributed by atoms with Crippen molar-refractivity contribution in [3.8, 4) is 0 Å². The van der Waals surface area contributed by atoms with Gasteiger partial charge in [0.05, 0.1) is 0 Å². The number of hydrogen-bond donors (Lipinski definition) is 1. The number of nitrogens with zero attached hydrogens (tertiary/aromatic N) is 2. The Hall–Kier alpha value is -0.220. The second-order valence-corrected chi connectivity index (χ2v) is 5.90. The smallest absolute Gasteiger partial charge is 0.156 e. The van der Waals surface area contributed by atoms with E-state index in [-0.39, 0.29) is 0 Å². The molecule has 0 amide bonds. The lowest BCUT2D eigenvalue weighted by atomic mass is 10.2. The molecule has 16 heavy (non-hydrogen) atoms. The molecule has 2 aliphatic rings. The van der Waals surface area contributed by atoms with Crippen molar-refractivity contribution in [2.24, 2.45) is 10.9 Å². The maximum Gasteiger partial charge on any atom is 0.156 e. The van der Waals surface area contributed by atoms with Gasteiger partial charge in [-0.2, -0.15) is 0 Å². The van der Waals surface area contributed by atoms with Gasteiger partial charge in [-0.25, -0.2) is 0 Å². The van der Waals surface area contributed by atoms with E-state index >= 15 is 0 Å². The van der Waals surface area contributed by atoms with Crippen LogP contribution in [0.3, 0.4) is 0 Å². The predicted molar refractivity (Wildman–Crippen MR) is 72.2 cm³/mol. The minimum absolute atomic E-state index is 0.750. The fraction of sp³-hybridized carbons (Fsp3) is 0.917. The predicted octanol–water partition coefficient (Wildman–Crippen LogP) is 1.80. The molecule has 0 aromatic carbocycles. The van der Waals surface area contributed by atoms with Crippen LogP contribution in [0.4, 0.5) is 0 Å². The zero-order chi connectivity index (χ0) is 11.2. The number of rotatable bonds is 4. The summed E-state index contributed by atoms with van der Waals surface area (Å²) in [6.07, 6.45) is 4.04. The lowest BCUT2D eigenvalue weighted by Gasteiger charge is -2.19. The summed E-state index contributed by atoms with van der Waals surface area (Å²) in [6.45, 7) is 8.22. The Morgan fingerprint density at radius 2 is 2.25 bits per heavy atom. The largest absolute Gasteiger partial charge is 0.365 e. The van der Waals surface area contributed by atoms with E-state index in [0.29, 0.717) is 0 Å². The van der Waals surface area contributed by atoms with E-state index in [1.807, 2.05) is 11.8 Å². The second-order valence-electron chi connectivity index (χ2n) is 4.89. The molecule has 1 atom stereocenters. The first-order chi connectivity index (χ1) is 7.84. The van der Waals surface area contributed by atoms with E-state index in [0.717, 1.165) is 19.0 Å². The molecular weight excluding hydrogens is 218 g/mol. The van der Waals surface area contributed by atoms with Crippen molar-refractivity contribution in [3.05, 3.63) is 0 Å². The Balaban J connectivity index is 1.54. The first kappa shape index (κ1) is 12.2. The van der Waals surface area contributed by atoms with Crippen LogP contribution in [0.25, 0.3) is 0 Å². The summed E-state index contributed by atoms with van der Waals surface area (Å²) in [6, 6.07) is 0. The third-order valence-electron chi connectivity index (χ3n) is 3.18. The highest BCUT2D eigenvalue weighted by molar-refractivity contribution is 8.13. The first-order valence-corrected chi connectivity index (χ1v) is 7.46. The third kappa shape index (κ3) is 3.98. The number of aliphatic imine (C=N–C) groups is 1. The van der Waals surface area contributed by atoms with E-state index in [1.54, 1.807) is 0 Å². The molecule has 2 aliphatic heterocycles. The fourth-order valence-corrected chi connectivity index (χ4v) is 3.09. The minimum atomic E-state index is 0.750. The lowest BCUT2D eigenvalue weighted by molar-refractivity contribution is 0.334. The molecule has 2 heterocycles. The molecule has 1 unspecified atom stereocenters. The van der Waals surface area contributed by atoms with Crippen LogP contribution >= 0.6 is 11.8 Å². The van der Waals surface area contributed by atoms with Gasteiger partial charge in [-0.15, -0.1) is 0 Å². The van der Waals surface area contributed by atoms with E-state index in [9.17, 15) is 0 Å². The monoisotopic (exact) mass is 241 g/mol. The number of thioether (sulfide) groups is 1. The van der Waals surface area contributed by atoms with E-state index in [4.69, 9.17) is 0 Å². The third-order valence-corrected chi connectivity index (χ3v) is 4.46. The molecule has 92 valence electrons. The molecule has 0 saturated carbocycles. The van der Waals surface area contributed by atoms with Gasteiger partial charge in [0.15, 0.2) is 5.17 Å². The molecule has 0 aliphatic carbocycles. The van der Waals surface area contributed by atoms with Gasteiger partial charge in [0.1, 0.15) is 0 Å². The van der Waals surface area contributed by atoms with E-state index in [2.05, 4.69) is 22.1 Å². The number of nitrogens with one attached hydrogen (secondary N) is 1. The molecule has 1 N–H and O–H groups in total. The average molecular weight is 241 g/mol. The molecule has 3 nitrogen and oxygen atoms in total. The van der Waals surface area contributed by atoms with Gasteiger partial charge in [-0.3, -0.25) is 4.99 Å². The van der Waals surface area contributed by atoms with Gasteiger partial charge >= 0.3 is 0 Å². The summed E-state index contributed by atoms with van der Waals surface area (Å²) in [5, 5.41) is 4.62. The van der Waals surface area contributed by atoms with Crippen LogP contribution < -0.4 is 5.32 Å². The van der Waals surface area contributed by atoms with Crippen LogP contribution in [0.1, 0.15) is 26.2 Å². The molecular formula is C12H23N3S. The number of hydrogen-bond acceptors (Lipinski definition) is 4. The summed E-state index contributed by atoms with van der Waals surface area (Å²) in [5.41, 5.74) is 0. The highest BCUT2D eigenvalue weighted by atomic mass is 32.2. The zero-order valence-electron chi connectivity index (χ0n) is 10.2. The molecule has 0 spiro atoms. The van der Waals surface area contributed by atoms with Gasteiger partial charge in [0, 0.05) is 18.8 Å². The van der Waals surface area contributed by atoms with Gasteiger partial charge in [-0.1, -0.05) is 18.7 Å². The van der Waals surface area contributed by atoms with Gasteiger partial charge < -0.3 is 10.2 Å². The molecule has 1 fully saturated rings. The van der Waals surface area contributed by atoms with Gasteiger partial charge in [0.25, 0.3) is 0 Å². The van der Waals surface area contributed by atoms with Crippen molar-refractivity contribution in [2.75, 3.05) is 38.5 Å². The molecule has 4 heteroatoms. The highest BCUT2D eigenvalue weighted by Crippen LogP contribution is 2.15. The molecule has 0 aromatic rings. The number of likely N-dealkylation sites (tertiary alicyclic amines) is 1. The zero-order valence-corrected chi connectivity index (χ0v) is 11.1. The fourth-order valence-electron chi connectivity index (χ4n) is 2.17. The van der Waals surface area contributed by atoms with Crippen LogP contribution in [-0.4, -0.2) is 48.5 Å². The Morgan fingerprint density at radius 1 is 1.44 bits per heavy atom. The maximum absolute atomic E-state index is 4.53. The van der Waals surface area contributed by atoms with Gasteiger partial charge in [0.2, 0.25) is 0 Å². The number of amidine groups is 1. The summed E-state index contributed by atoms with van der Waals surface area (Å²) >= 11 is 1.88. The molecule has 1 saturated heterocycles. The van der Waals surface area contributed by atoms with Crippen LogP contribution in [0.15, 0.2) is 4.99 Å². The van der Waals surface area contributed by atoms with Gasteiger partial charge in [-0.05, 0) is 44.8 Å².